The molecule has 2 heterocycles. The number of halogens is 2. The van der Waals surface area contributed by atoms with E-state index in [1.165, 1.54) is 21.6 Å². The summed E-state index contributed by atoms with van der Waals surface area (Å²) in [4.78, 5) is 31.4. The van der Waals surface area contributed by atoms with Gasteiger partial charge in [-0.15, -0.1) is 5.10 Å². The first-order valence-corrected chi connectivity index (χ1v) is 12.5. The second kappa shape index (κ2) is 11.0. The van der Waals surface area contributed by atoms with E-state index in [2.05, 4.69) is 20.6 Å². The number of rotatable bonds is 7. The highest BCUT2D eigenvalue weighted by atomic mass is 35.5. The molecular formula is C28H22Cl2N6O2. The van der Waals surface area contributed by atoms with E-state index in [9.17, 15) is 9.59 Å². The van der Waals surface area contributed by atoms with Gasteiger partial charge in [-0.2, -0.15) is 0 Å². The third-order valence-electron chi connectivity index (χ3n) is 6.01. The summed E-state index contributed by atoms with van der Waals surface area (Å²) in [5.74, 6) is -0.324. The summed E-state index contributed by atoms with van der Waals surface area (Å²) in [6.45, 7) is 1.97. The summed E-state index contributed by atoms with van der Waals surface area (Å²) >= 11 is 12.2. The van der Waals surface area contributed by atoms with Gasteiger partial charge in [-0.1, -0.05) is 76.4 Å². The van der Waals surface area contributed by atoms with Gasteiger partial charge in [0.05, 0.1) is 23.9 Å². The molecule has 38 heavy (non-hydrogen) atoms. The second-order valence-electron chi connectivity index (χ2n) is 8.73. The Morgan fingerprint density at radius 1 is 1.00 bits per heavy atom. The van der Waals surface area contributed by atoms with Gasteiger partial charge in [0.1, 0.15) is 6.04 Å². The van der Waals surface area contributed by atoms with Crippen LogP contribution >= 0.6 is 23.2 Å². The molecule has 5 aromatic rings. The van der Waals surface area contributed by atoms with Crippen molar-refractivity contribution in [2.24, 2.45) is 0 Å². The maximum atomic E-state index is 13.4. The van der Waals surface area contributed by atoms with Crippen LogP contribution in [0.3, 0.4) is 0 Å². The lowest BCUT2D eigenvalue weighted by Crippen LogP contribution is -2.34. The molecule has 1 amide bonds. The second-order valence-corrected chi connectivity index (χ2v) is 9.55. The summed E-state index contributed by atoms with van der Waals surface area (Å²) in [5, 5.41) is 11.4. The lowest BCUT2D eigenvalue weighted by atomic mass is 10.0. The van der Waals surface area contributed by atoms with Gasteiger partial charge in [0, 0.05) is 28.8 Å². The van der Waals surface area contributed by atoms with Crippen molar-refractivity contribution in [3.8, 4) is 16.9 Å². The predicted molar refractivity (Wildman–Crippen MR) is 148 cm³/mol. The zero-order valence-corrected chi connectivity index (χ0v) is 21.8. The van der Waals surface area contributed by atoms with Crippen molar-refractivity contribution in [3.63, 3.8) is 0 Å². The van der Waals surface area contributed by atoms with Crippen LogP contribution in [0.1, 0.15) is 17.2 Å². The van der Waals surface area contributed by atoms with E-state index in [4.69, 9.17) is 23.2 Å². The number of hydrogen-bond acceptors (Lipinski definition) is 5. The summed E-state index contributed by atoms with van der Waals surface area (Å²) < 4.78 is 2.82. The van der Waals surface area contributed by atoms with Gasteiger partial charge in [-0.3, -0.25) is 14.2 Å². The van der Waals surface area contributed by atoms with Crippen molar-refractivity contribution in [1.29, 1.82) is 0 Å². The first-order chi connectivity index (χ1) is 18.4. The van der Waals surface area contributed by atoms with Crippen LogP contribution < -0.4 is 10.9 Å². The number of nitrogens with one attached hydrogen (secondary N) is 1. The average molecular weight is 545 g/mol. The van der Waals surface area contributed by atoms with Crippen LogP contribution in [0.2, 0.25) is 10.2 Å². The average Bonchev–Trinajstić information content (AvgIpc) is 3.35. The number of carbonyl (C=O) groups excluding carboxylic acids is 1. The Bertz CT molecular complexity index is 1650. The lowest BCUT2D eigenvalue weighted by molar-refractivity contribution is -0.119. The zero-order valence-electron chi connectivity index (χ0n) is 20.3. The van der Waals surface area contributed by atoms with Gasteiger partial charge in [-0.25, -0.2) is 9.67 Å². The number of anilines is 1. The molecule has 2 aromatic heterocycles. The Balaban J connectivity index is 1.53. The van der Waals surface area contributed by atoms with Gasteiger partial charge >= 0.3 is 0 Å². The Morgan fingerprint density at radius 3 is 2.45 bits per heavy atom. The number of amides is 1. The maximum Gasteiger partial charge on any atom is 0.254 e. The fraction of sp³-hybridized carbons (Fsp3) is 0.107. The normalized spacial score (nSPS) is 11.8. The number of nitrogens with zero attached hydrogens (tertiary/aromatic N) is 5. The highest BCUT2D eigenvalue weighted by molar-refractivity contribution is 6.31. The van der Waals surface area contributed by atoms with Crippen molar-refractivity contribution in [2.45, 2.75) is 19.4 Å². The fourth-order valence-corrected chi connectivity index (χ4v) is 4.38. The molecular weight excluding hydrogens is 523 g/mol. The Morgan fingerprint density at radius 2 is 1.76 bits per heavy atom. The minimum absolute atomic E-state index is 0.220. The highest BCUT2D eigenvalue weighted by Gasteiger charge is 2.23. The predicted octanol–water partition coefficient (Wildman–Crippen LogP) is 5.53. The van der Waals surface area contributed by atoms with Crippen LogP contribution in [-0.2, 0) is 11.2 Å². The number of benzene rings is 3. The number of carbonyl (C=O) groups is 1. The van der Waals surface area contributed by atoms with E-state index >= 15 is 0 Å². The minimum atomic E-state index is -0.833. The molecule has 190 valence electrons. The van der Waals surface area contributed by atoms with Gasteiger partial charge < -0.3 is 5.32 Å². The highest BCUT2D eigenvalue weighted by Crippen LogP contribution is 2.28. The molecule has 0 radical (unpaired) electrons. The van der Waals surface area contributed by atoms with Crippen molar-refractivity contribution in [1.82, 2.24) is 24.5 Å². The largest absolute Gasteiger partial charge is 0.324 e. The van der Waals surface area contributed by atoms with Crippen LogP contribution in [0.15, 0.2) is 96.2 Å². The quantitative estimate of drug-likeness (QED) is 0.290. The standard InChI is InChI=1S/C28H22Cl2N6O2/c1-18-7-10-21(11-8-18)32-28(38)25(13-19-5-3-2-4-6-19)35-17-31-23(15-27(35)37)22-14-20(29)9-12-24(22)36-16-26(30)33-34-36/h2-12,14-17,25H,13H2,1H3,(H,32,38)/t25-/m0/s1. The number of hydrogen-bond donors (Lipinski definition) is 1. The minimum Gasteiger partial charge on any atom is -0.324 e. The van der Waals surface area contributed by atoms with Gasteiger partial charge in [0.15, 0.2) is 5.15 Å². The molecule has 0 aliphatic heterocycles. The van der Waals surface area contributed by atoms with Gasteiger partial charge in [0.25, 0.3) is 5.56 Å². The molecule has 0 bridgehead atoms. The van der Waals surface area contributed by atoms with E-state index in [1.807, 2.05) is 61.5 Å². The van der Waals surface area contributed by atoms with Crippen molar-refractivity contribution < 1.29 is 4.79 Å². The Labute approximate surface area is 228 Å². The van der Waals surface area contributed by atoms with Crippen molar-refractivity contribution >= 4 is 34.8 Å². The van der Waals surface area contributed by atoms with Crippen LogP contribution in [0.5, 0.6) is 0 Å². The molecule has 0 saturated heterocycles. The molecule has 10 heteroatoms. The van der Waals surface area contributed by atoms with Crippen LogP contribution in [-0.4, -0.2) is 30.5 Å². The summed E-state index contributed by atoms with van der Waals surface area (Å²) in [6.07, 6.45) is 3.24. The lowest BCUT2D eigenvalue weighted by Gasteiger charge is -2.20. The van der Waals surface area contributed by atoms with E-state index in [0.717, 1.165) is 11.1 Å². The Hall–Kier alpha value is -4.27. The monoisotopic (exact) mass is 544 g/mol. The van der Waals surface area contributed by atoms with E-state index in [0.29, 0.717) is 34.1 Å². The third kappa shape index (κ3) is 5.66. The van der Waals surface area contributed by atoms with Crippen molar-refractivity contribution in [2.75, 3.05) is 5.32 Å². The molecule has 0 saturated carbocycles. The first kappa shape index (κ1) is 25.4. The fourth-order valence-electron chi connectivity index (χ4n) is 4.08. The number of aryl methyl sites for hydroxylation is 1. The van der Waals surface area contributed by atoms with Crippen LogP contribution in [0.25, 0.3) is 16.9 Å². The zero-order chi connectivity index (χ0) is 26.6. The van der Waals surface area contributed by atoms with Gasteiger partial charge in [-0.05, 0) is 42.8 Å². The van der Waals surface area contributed by atoms with E-state index in [-0.39, 0.29) is 11.1 Å². The van der Waals surface area contributed by atoms with Crippen LogP contribution in [0.4, 0.5) is 5.69 Å². The molecule has 0 unspecified atom stereocenters. The smallest absolute Gasteiger partial charge is 0.254 e. The molecule has 0 aliphatic carbocycles. The molecule has 8 nitrogen and oxygen atoms in total. The van der Waals surface area contributed by atoms with Crippen LogP contribution in [0, 0.1) is 6.92 Å². The summed E-state index contributed by atoms with van der Waals surface area (Å²) in [5.41, 5.74) is 3.77. The molecule has 0 fully saturated rings. The first-order valence-electron chi connectivity index (χ1n) is 11.8. The molecule has 1 atom stereocenters. The van der Waals surface area contributed by atoms with Crippen molar-refractivity contribution in [3.05, 3.63) is 123 Å². The SMILES string of the molecule is Cc1ccc(NC(=O)[C@H](Cc2ccccc2)n2cnc(-c3cc(Cl)ccc3-n3cc(Cl)nn3)cc2=O)cc1. The maximum absolute atomic E-state index is 13.4. The molecule has 3 aromatic carbocycles. The van der Waals surface area contributed by atoms with E-state index < -0.39 is 11.6 Å². The molecule has 0 spiro atoms. The van der Waals surface area contributed by atoms with E-state index in [1.54, 1.807) is 24.4 Å². The summed E-state index contributed by atoms with van der Waals surface area (Å²) in [7, 11) is 0. The molecule has 5 rings (SSSR count). The molecule has 1 N–H and O–H groups in total. The number of aromatic nitrogens is 5. The third-order valence-corrected chi connectivity index (χ3v) is 6.42. The van der Waals surface area contributed by atoms with Gasteiger partial charge in [0.2, 0.25) is 5.91 Å². The topological polar surface area (TPSA) is 94.7 Å². The Kier molecular flexibility index (Phi) is 7.35. The summed E-state index contributed by atoms with van der Waals surface area (Å²) in [6, 6.07) is 22.7. The molecule has 0 aliphatic rings.